The number of nitrogens with one attached hydrogen (secondary N) is 1. The molecule has 0 spiro atoms. The largest absolute Gasteiger partial charge is 0.463 e. The van der Waals surface area contributed by atoms with Crippen molar-refractivity contribution in [2.75, 3.05) is 11.9 Å². The molecule has 0 radical (unpaired) electrons. The van der Waals surface area contributed by atoms with Crippen molar-refractivity contribution in [3.8, 4) is 11.5 Å². The molecule has 1 N–H and O–H groups in total. The molecule has 2 aromatic rings. The van der Waals surface area contributed by atoms with Gasteiger partial charge in [0.2, 0.25) is 5.89 Å². The molecule has 1 saturated heterocycles. The highest BCUT2D eigenvalue weighted by molar-refractivity contribution is 5.69. The number of nitrogens with zero attached hydrogens (tertiary/aromatic N) is 2. The first-order valence-electron chi connectivity index (χ1n) is 10.6. The summed E-state index contributed by atoms with van der Waals surface area (Å²) in [5, 5.41) is 10.7. The molecule has 0 aliphatic carbocycles. The lowest BCUT2D eigenvalue weighted by molar-refractivity contribution is -0.247. The molecule has 0 unspecified atom stereocenters. The molecule has 1 aliphatic rings. The standard InChI is InChI=1S/C22H25N3O10/c1-11(26)30-10-16-17(31-12(2)27)18(32-13(3)28)19(33-14(4)29)21(34-16)23-22-25-24-20(35-22)15-8-6-5-7-9-15/h5-9,16-19,21H,10H2,1-4H3,(H,23,25)/t16-,17-,18+,19-,21-/m1/s1. The highest BCUT2D eigenvalue weighted by atomic mass is 16.7. The number of hydrogen-bond donors (Lipinski definition) is 1. The van der Waals surface area contributed by atoms with E-state index in [9.17, 15) is 19.2 Å². The molecule has 0 saturated carbocycles. The summed E-state index contributed by atoms with van der Waals surface area (Å²) in [4.78, 5) is 47.0. The number of rotatable bonds is 8. The number of carbonyl (C=O) groups is 4. The Labute approximate surface area is 200 Å². The summed E-state index contributed by atoms with van der Waals surface area (Å²) < 4.78 is 32.7. The molecule has 3 rings (SSSR count). The van der Waals surface area contributed by atoms with E-state index in [1.807, 2.05) is 6.07 Å². The van der Waals surface area contributed by atoms with E-state index in [-0.39, 0.29) is 18.5 Å². The van der Waals surface area contributed by atoms with Gasteiger partial charge in [0.05, 0.1) is 0 Å². The van der Waals surface area contributed by atoms with Crippen LogP contribution in [0.3, 0.4) is 0 Å². The van der Waals surface area contributed by atoms with Crippen LogP contribution in [0.5, 0.6) is 0 Å². The minimum atomic E-state index is -1.32. The van der Waals surface area contributed by atoms with Gasteiger partial charge in [-0.15, -0.1) is 5.10 Å². The number of esters is 4. The molecule has 2 heterocycles. The maximum atomic E-state index is 11.9. The fraction of sp³-hybridized carbons (Fsp3) is 0.455. The second kappa shape index (κ2) is 11.4. The second-order valence-corrected chi connectivity index (χ2v) is 7.54. The van der Waals surface area contributed by atoms with E-state index in [0.29, 0.717) is 5.56 Å². The van der Waals surface area contributed by atoms with Crippen LogP contribution in [0, 0.1) is 0 Å². The highest BCUT2D eigenvalue weighted by Gasteiger charge is 2.52. The van der Waals surface area contributed by atoms with Gasteiger partial charge in [-0.2, -0.15) is 0 Å². The van der Waals surface area contributed by atoms with Gasteiger partial charge in [-0.05, 0) is 12.1 Å². The van der Waals surface area contributed by atoms with Crippen LogP contribution in [0.2, 0.25) is 0 Å². The van der Waals surface area contributed by atoms with Gasteiger partial charge in [-0.1, -0.05) is 23.3 Å². The predicted octanol–water partition coefficient (Wildman–Crippen LogP) is 1.23. The van der Waals surface area contributed by atoms with Crippen LogP contribution >= 0.6 is 0 Å². The van der Waals surface area contributed by atoms with Crippen molar-refractivity contribution in [2.24, 2.45) is 0 Å². The Bertz CT molecular complexity index is 1060. The second-order valence-electron chi connectivity index (χ2n) is 7.54. The summed E-state index contributed by atoms with van der Waals surface area (Å²) in [5.41, 5.74) is 0.662. The summed E-state index contributed by atoms with van der Waals surface area (Å²) in [7, 11) is 0. The first-order valence-corrected chi connectivity index (χ1v) is 10.6. The van der Waals surface area contributed by atoms with Crippen LogP contribution in [0.4, 0.5) is 6.01 Å². The maximum Gasteiger partial charge on any atom is 0.317 e. The van der Waals surface area contributed by atoms with E-state index in [0.717, 1.165) is 20.8 Å². The Hall–Kier alpha value is -4.00. The SMILES string of the molecule is CC(=O)OC[C@H]1O[C@@H](Nc2nnc(-c3ccccc3)o2)[C@H](OC(C)=O)[C@@H](OC(C)=O)[C@@H]1OC(C)=O. The first kappa shape index (κ1) is 25.6. The number of ether oxygens (including phenoxy) is 5. The molecule has 13 nitrogen and oxygen atoms in total. The zero-order chi connectivity index (χ0) is 25.5. The molecule has 0 amide bonds. The molecule has 13 heteroatoms. The Morgan fingerprint density at radius 2 is 1.43 bits per heavy atom. The van der Waals surface area contributed by atoms with E-state index in [1.165, 1.54) is 6.92 Å². The van der Waals surface area contributed by atoms with Gasteiger partial charge in [0.15, 0.2) is 24.5 Å². The first-order chi connectivity index (χ1) is 16.6. The van der Waals surface area contributed by atoms with Crippen molar-refractivity contribution in [3.05, 3.63) is 30.3 Å². The van der Waals surface area contributed by atoms with Gasteiger partial charge in [-0.25, -0.2) is 0 Å². The number of aromatic nitrogens is 2. The van der Waals surface area contributed by atoms with Crippen LogP contribution in [0.25, 0.3) is 11.5 Å². The molecular formula is C22H25N3O10. The Balaban J connectivity index is 1.94. The van der Waals surface area contributed by atoms with Gasteiger partial charge in [0.25, 0.3) is 0 Å². The third-order valence-electron chi connectivity index (χ3n) is 4.70. The number of benzene rings is 1. The van der Waals surface area contributed by atoms with Gasteiger partial charge in [0, 0.05) is 33.3 Å². The van der Waals surface area contributed by atoms with Crippen molar-refractivity contribution in [1.29, 1.82) is 0 Å². The predicted molar refractivity (Wildman–Crippen MR) is 115 cm³/mol. The normalized spacial score (nSPS) is 23.6. The average molecular weight is 491 g/mol. The summed E-state index contributed by atoms with van der Waals surface area (Å²) >= 11 is 0. The Kier molecular flexibility index (Phi) is 8.36. The molecule has 35 heavy (non-hydrogen) atoms. The lowest BCUT2D eigenvalue weighted by Gasteiger charge is -2.44. The zero-order valence-electron chi connectivity index (χ0n) is 19.5. The monoisotopic (exact) mass is 491 g/mol. The minimum absolute atomic E-state index is 0.0928. The summed E-state index contributed by atoms with van der Waals surface area (Å²) in [6, 6.07) is 8.87. The van der Waals surface area contributed by atoms with E-state index in [4.69, 9.17) is 28.1 Å². The smallest absolute Gasteiger partial charge is 0.317 e. The fourth-order valence-electron chi connectivity index (χ4n) is 3.45. The van der Waals surface area contributed by atoms with E-state index in [2.05, 4.69) is 15.5 Å². The van der Waals surface area contributed by atoms with Crippen molar-refractivity contribution in [1.82, 2.24) is 10.2 Å². The molecular weight excluding hydrogens is 466 g/mol. The molecule has 0 bridgehead atoms. The number of anilines is 1. The molecule has 1 aliphatic heterocycles. The molecule has 1 aromatic carbocycles. The third kappa shape index (κ3) is 6.99. The van der Waals surface area contributed by atoms with E-state index < -0.39 is 54.5 Å². The van der Waals surface area contributed by atoms with Gasteiger partial charge >= 0.3 is 29.9 Å². The van der Waals surface area contributed by atoms with Crippen LogP contribution < -0.4 is 5.32 Å². The average Bonchev–Trinajstić information content (AvgIpc) is 3.25. The molecule has 1 aromatic heterocycles. The quantitative estimate of drug-likeness (QED) is 0.414. The molecule has 1 fully saturated rings. The van der Waals surface area contributed by atoms with Crippen molar-refractivity contribution in [2.45, 2.75) is 58.3 Å². The number of hydrogen-bond acceptors (Lipinski definition) is 13. The lowest BCUT2D eigenvalue weighted by atomic mass is 9.97. The van der Waals surface area contributed by atoms with Crippen molar-refractivity contribution in [3.63, 3.8) is 0 Å². The van der Waals surface area contributed by atoms with Crippen LogP contribution in [-0.4, -0.2) is 71.3 Å². The lowest BCUT2D eigenvalue weighted by Crippen LogP contribution is -2.64. The van der Waals surface area contributed by atoms with Gasteiger partial charge in [0.1, 0.15) is 12.7 Å². The molecule has 188 valence electrons. The van der Waals surface area contributed by atoms with Crippen molar-refractivity contribution >= 4 is 29.9 Å². The number of carbonyl (C=O) groups excluding carboxylic acids is 4. The van der Waals surface area contributed by atoms with Crippen LogP contribution in [-0.2, 0) is 42.9 Å². The highest BCUT2D eigenvalue weighted by Crippen LogP contribution is 2.30. The summed E-state index contributed by atoms with van der Waals surface area (Å²) in [6.45, 7) is 4.26. The minimum Gasteiger partial charge on any atom is -0.463 e. The summed E-state index contributed by atoms with van der Waals surface area (Å²) in [5.74, 6) is -2.59. The zero-order valence-corrected chi connectivity index (χ0v) is 19.5. The van der Waals surface area contributed by atoms with Crippen LogP contribution in [0.1, 0.15) is 27.7 Å². The third-order valence-corrected chi connectivity index (χ3v) is 4.70. The van der Waals surface area contributed by atoms with Crippen LogP contribution in [0.15, 0.2) is 34.7 Å². The van der Waals surface area contributed by atoms with E-state index >= 15 is 0 Å². The Morgan fingerprint density at radius 1 is 0.829 bits per heavy atom. The van der Waals surface area contributed by atoms with Gasteiger partial charge < -0.3 is 33.4 Å². The van der Waals surface area contributed by atoms with Gasteiger partial charge in [-0.3, -0.25) is 19.2 Å². The van der Waals surface area contributed by atoms with E-state index in [1.54, 1.807) is 24.3 Å². The van der Waals surface area contributed by atoms with Crippen molar-refractivity contribution < 1.29 is 47.3 Å². The topological polar surface area (TPSA) is 165 Å². The maximum absolute atomic E-state index is 11.9. The summed E-state index contributed by atoms with van der Waals surface area (Å²) in [6.07, 6.45) is -6.21. The fourth-order valence-corrected chi connectivity index (χ4v) is 3.45. The molecule has 5 atom stereocenters. The Morgan fingerprint density at radius 3 is 2.03 bits per heavy atom.